The largest absolute Gasteiger partial charge is 0.346 e. The van der Waals surface area contributed by atoms with E-state index in [2.05, 4.69) is 41.7 Å². The molecule has 0 radical (unpaired) electrons. The van der Waals surface area contributed by atoms with E-state index in [9.17, 15) is 32.4 Å². The Morgan fingerprint density at radius 2 is 1.58 bits per heavy atom. The van der Waals surface area contributed by atoms with Crippen molar-refractivity contribution in [2.75, 3.05) is 18.8 Å². The number of nitrogens with zero attached hydrogens (tertiary/aromatic N) is 1. The van der Waals surface area contributed by atoms with Crippen molar-refractivity contribution in [2.24, 2.45) is 28.6 Å². The van der Waals surface area contributed by atoms with Gasteiger partial charge in [-0.2, -0.15) is 0 Å². The molecule has 4 aliphatic rings. The molecule has 5 amide bonds. The average Bonchev–Trinajstić information content (AvgIpc) is 3.87. The number of Topliss-reactive ketones (excluding diaryl/α,β-unsaturated/α-hetero) is 1. The summed E-state index contributed by atoms with van der Waals surface area (Å²) in [5.41, 5.74) is -1.93. The van der Waals surface area contributed by atoms with Gasteiger partial charge in [-0.25, -0.2) is 13.2 Å². The van der Waals surface area contributed by atoms with Crippen LogP contribution in [0.2, 0.25) is 0 Å². The fourth-order valence-corrected chi connectivity index (χ4v) is 9.42. The lowest BCUT2D eigenvalue weighted by molar-refractivity contribution is -0.145. The zero-order valence-electron chi connectivity index (χ0n) is 31.4. The lowest BCUT2D eigenvalue weighted by Gasteiger charge is -2.41. The van der Waals surface area contributed by atoms with Crippen molar-refractivity contribution in [1.82, 2.24) is 26.2 Å². The molecule has 0 aromatic carbocycles. The van der Waals surface area contributed by atoms with Gasteiger partial charge in [-0.1, -0.05) is 72.8 Å². The number of hydrogen-bond donors (Lipinski definition) is 4. The van der Waals surface area contributed by atoms with E-state index in [1.165, 1.54) is 11.0 Å². The summed E-state index contributed by atoms with van der Waals surface area (Å²) in [5.74, 6) is -2.22. The van der Waals surface area contributed by atoms with E-state index in [4.69, 9.17) is 0 Å². The van der Waals surface area contributed by atoms with Crippen molar-refractivity contribution >= 4 is 39.4 Å². The maximum absolute atomic E-state index is 14.5. The van der Waals surface area contributed by atoms with Crippen molar-refractivity contribution in [3.63, 3.8) is 0 Å². The molecule has 3 saturated carbocycles. The molecule has 4 N–H and O–H groups in total. The number of amides is 5. The number of carbonyl (C=O) groups excluding carboxylic acids is 5. The van der Waals surface area contributed by atoms with Gasteiger partial charge in [-0.3, -0.25) is 19.2 Å². The maximum Gasteiger partial charge on any atom is 0.315 e. The van der Waals surface area contributed by atoms with Gasteiger partial charge in [-0.05, 0) is 75.0 Å². The number of fused-ring (bicyclic) bond motifs is 1. The van der Waals surface area contributed by atoms with Crippen molar-refractivity contribution in [3.8, 4) is 0 Å². The third kappa shape index (κ3) is 8.91. The third-order valence-electron chi connectivity index (χ3n) is 11.6. The molecule has 13 heteroatoms. The highest BCUT2D eigenvalue weighted by atomic mass is 32.2. The Kier molecular flexibility index (Phi) is 11.6. The summed E-state index contributed by atoms with van der Waals surface area (Å²) in [6.45, 7) is 18.6. The lowest BCUT2D eigenvalue weighted by Crippen LogP contribution is -2.64. The van der Waals surface area contributed by atoms with Crippen LogP contribution in [0.1, 0.15) is 113 Å². The van der Waals surface area contributed by atoms with E-state index in [1.54, 1.807) is 20.8 Å². The number of likely N-dealkylation sites (tertiary alicyclic amines) is 1. The summed E-state index contributed by atoms with van der Waals surface area (Å²) in [5, 5.41) is 11.3. The van der Waals surface area contributed by atoms with Crippen LogP contribution in [0.4, 0.5) is 4.79 Å². The third-order valence-corrected chi connectivity index (χ3v) is 14.4. The molecule has 0 spiro atoms. The van der Waals surface area contributed by atoms with Gasteiger partial charge >= 0.3 is 6.03 Å². The summed E-state index contributed by atoms with van der Waals surface area (Å²) in [7, 11) is -3.56. The summed E-state index contributed by atoms with van der Waals surface area (Å²) >= 11 is 0. The van der Waals surface area contributed by atoms with Crippen LogP contribution in [-0.4, -0.2) is 90.1 Å². The van der Waals surface area contributed by atoms with E-state index in [0.717, 1.165) is 32.1 Å². The fraction of sp³-hybridized carbons (Fsp3) is 0.811. The number of piperidine rings is 1. The molecule has 5 atom stereocenters. The molecule has 1 aliphatic heterocycles. The highest BCUT2D eigenvalue weighted by molar-refractivity contribution is 7.92. The molecule has 0 aromatic rings. The van der Waals surface area contributed by atoms with Crippen molar-refractivity contribution in [3.05, 3.63) is 12.7 Å². The number of urea groups is 1. The van der Waals surface area contributed by atoms with Crippen molar-refractivity contribution in [2.45, 2.75) is 142 Å². The van der Waals surface area contributed by atoms with E-state index < -0.39 is 73.2 Å². The number of carbonyl (C=O) groups is 5. The minimum atomic E-state index is -3.56. The van der Waals surface area contributed by atoms with Gasteiger partial charge in [-0.15, -0.1) is 6.58 Å². The summed E-state index contributed by atoms with van der Waals surface area (Å²) in [6.07, 6.45) is 8.18. The van der Waals surface area contributed by atoms with Gasteiger partial charge in [0.05, 0.1) is 22.1 Å². The minimum absolute atomic E-state index is 0.0567. The number of hydrogen-bond acceptors (Lipinski definition) is 7. The monoisotopic (exact) mass is 719 g/mol. The first-order chi connectivity index (χ1) is 23.0. The average molecular weight is 720 g/mol. The van der Waals surface area contributed by atoms with E-state index >= 15 is 0 Å². The standard InChI is InChI=1S/C37H61N5O7S/c1-10-20-38-31(45)28(43)25(17-16-23-14-15-23)39-30(44)27-26-24(36(26,8)9)21-42(27)32(46)29(34(2,3)4)40-33(47)41-37(18-12-11-13-19-37)22-50(48,49)35(5,6)7/h10,23-27,29H,1,11-22H2,2-9H3,(H,38,45)(H,39,44)(H2,40,41,47). The normalized spacial score (nSPS) is 25.4. The van der Waals surface area contributed by atoms with Gasteiger partial charge in [0.25, 0.3) is 5.91 Å². The van der Waals surface area contributed by atoms with Crippen LogP contribution >= 0.6 is 0 Å². The highest BCUT2D eigenvalue weighted by Gasteiger charge is 2.70. The van der Waals surface area contributed by atoms with Crippen LogP contribution in [-0.2, 0) is 29.0 Å². The number of ketones is 1. The first-order valence-corrected chi connectivity index (χ1v) is 20.0. The van der Waals surface area contributed by atoms with Crippen LogP contribution in [0, 0.1) is 28.6 Å². The number of sulfone groups is 1. The molecule has 12 nitrogen and oxygen atoms in total. The van der Waals surface area contributed by atoms with E-state index in [0.29, 0.717) is 38.1 Å². The predicted octanol–water partition coefficient (Wildman–Crippen LogP) is 3.65. The first kappa shape index (κ1) is 39.8. The quantitative estimate of drug-likeness (QED) is 0.157. The Bertz CT molecular complexity index is 1450. The van der Waals surface area contributed by atoms with Gasteiger partial charge in [0.1, 0.15) is 12.1 Å². The minimum Gasteiger partial charge on any atom is -0.346 e. The second-order valence-corrected chi connectivity index (χ2v) is 20.7. The molecule has 1 heterocycles. The van der Waals surface area contributed by atoms with Crippen LogP contribution in [0.3, 0.4) is 0 Å². The first-order valence-electron chi connectivity index (χ1n) is 18.4. The molecule has 1 saturated heterocycles. The maximum atomic E-state index is 14.5. The van der Waals surface area contributed by atoms with E-state index in [1.807, 2.05) is 20.8 Å². The molecule has 0 bridgehead atoms. The van der Waals surface area contributed by atoms with Crippen molar-refractivity contribution in [1.29, 1.82) is 0 Å². The highest BCUT2D eigenvalue weighted by Crippen LogP contribution is 2.65. The second kappa shape index (κ2) is 14.6. The molecule has 282 valence electrons. The molecule has 3 aliphatic carbocycles. The second-order valence-electron chi connectivity index (χ2n) is 17.9. The topological polar surface area (TPSA) is 171 Å². The van der Waals surface area contributed by atoms with Gasteiger partial charge in [0.15, 0.2) is 9.84 Å². The van der Waals surface area contributed by atoms with Gasteiger partial charge in [0.2, 0.25) is 17.6 Å². The molecule has 4 fully saturated rings. The Morgan fingerprint density at radius 1 is 0.960 bits per heavy atom. The van der Waals surface area contributed by atoms with Crippen LogP contribution in [0.25, 0.3) is 0 Å². The lowest BCUT2D eigenvalue weighted by atomic mass is 9.83. The SMILES string of the molecule is C=CCNC(=O)C(=O)C(CCC1CC1)NC(=O)C1C2C(CN1C(=O)C(NC(=O)NC1(CS(=O)(=O)C(C)(C)C)CCCCC1)C(C)(C)C)C2(C)C. The van der Waals surface area contributed by atoms with Crippen LogP contribution < -0.4 is 21.3 Å². The summed E-state index contributed by atoms with van der Waals surface area (Å²) in [6, 6.07) is -3.56. The zero-order valence-corrected chi connectivity index (χ0v) is 32.3. The van der Waals surface area contributed by atoms with Crippen LogP contribution in [0.5, 0.6) is 0 Å². The van der Waals surface area contributed by atoms with Gasteiger partial charge < -0.3 is 26.2 Å². The smallest absolute Gasteiger partial charge is 0.315 e. The molecule has 50 heavy (non-hydrogen) atoms. The molecular weight excluding hydrogens is 659 g/mol. The zero-order chi connectivity index (χ0) is 37.4. The fourth-order valence-electron chi connectivity index (χ4n) is 7.90. The predicted molar refractivity (Wildman–Crippen MR) is 193 cm³/mol. The molecule has 0 aromatic heterocycles. The number of nitrogens with one attached hydrogen (secondary N) is 4. The van der Waals surface area contributed by atoms with Crippen molar-refractivity contribution < 1.29 is 32.4 Å². The Labute approximate surface area is 299 Å². The van der Waals surface area contributed by atoms with Crippen LogP contribution in [0.15, 0.2) is 12.7 Å². The van der Waals surface area contributed by atoms with E-state index in [-0.39, 0.29) is 29.5 Å². The number of rotatable bonds is 14. The molecular formula is C37H61N5O7S. The molecule has 4 rings (SSSR count). The summed E-state index contributed by atoms with van der Waals surface area (Å²) < 4.78 is 25.7. The molecule has 5 unspecified atom stereocenters. The van der Waals surface area contributed by atoms with Gasteiger partial charge in [0, 0.05) is 13.1 Å². The Morgan fingerprint density at radius 3 is 2.12 bits per heavy atom. The summed E-state index contributed by atoms with van der Waals surface area (Å²) in [4.78, 5) is 69.8. The Hall–Kier alpha value is -2.96. The Balaban J connectivity index is 1.55.